The van der Waals surface area contributed by atoms with Gasteiger partial charge < -0.3 is 14.6 Å². The van der Waals surface area contributed by atoms with Crippen LogP contribution < -0.4 is 5.32 Å². The van der Waals surface area contributed by atoms with Crippen LogP contribution >= 0.6 is 11.3 Å². The Bertz CT molecular complexity index is 1360. The van der Waals surface area contributed by atoms with E-state index < -0.39 is 0 Å². The van der Waals surface area contributed by atoms with Crippen molar-refractivity contribution in [2.45, 2.75) is 6.54 Å². The molecule has 1 amide bonds. The first-order chi connectivity index (χ1) is 15.7. The van der Waals surface area contributed by atoms with Gasteiger partial charge in [0, 0.05) is 35.6 Å². The van der Waals surface area contributed by atoms with Crippen LogP contribution in [0.1, 0.15) is 10.5 Å². The largest absolute Gasteiger partial charge is 0.383 e. The fourth-order valence-corrected chi connectivity index (χ4v) is 4.30. The fourth-order valence-electron chi connectivity index (χ4n) is 3.48. The molecular formula is C22H19N7O2S. The van der Waals surface area contributed by atoms with Crippen LogP contribution in [-0.4, -0.2) is 49.4 Å². The molecule has 10 heteroatoms. The maximum atomic E-state index is 12.8. The molecule has 9 nitrogen and oxygen atoms in total. The third-order valence-electron chi connectivity index (χ3n) is 5.02. The Morgan fingerprint density at radius 3 is 2.78 bits per heavy atom. The predicted octanol–water partition coefficient (Wildman–Crippen LogP) is 3.64. The Morgan fingerprint density at radius 2 is 2.00 bits per heavy atom. The van der Waals surface area contributed by atoms with Crippen molar-refractivity contribution in [3.63, 3.8) is 0 Å². The van der Waals surface area contributed by atoms with Crippen molar-refractivity contribution in [1.82, 2.24) is 29.8 Å². The lowest BCUT2D eigenvalue weighted by Gasteiger charge is -2.08. The quantitative estimate of drug-likeness (QED) is 0.411. The highest BCUT2D eigenvalue weighted by molar-refractivity contribution is 7.13. The topological polar surface area (TPSA) is 99.8 Å². The van der Waals surface area contributed by atoms with Gasteiger partial charge in [-0.1, -0.05) is 18.2 Å². The number of amides is 1. The summed E-state index contributed by atoms with van der Waals surface area (Å²) in [6.07, 6.45) is 1.51. The van der Waals surface area contributed by atoms with Crippen molar-refractivity contribution >= 4 is 33.8 Å². The molecule has 2 aromatic carbocycles. The number of para-hydroxylation sites is 1. The number of fused-ring (bicyclic) bond motifs is 1. The predicted molar refractivity (Wildman–Crippen MR) is 122 cm³/mol. The second-order valence-electron chi connectivity index (χ2n) is 7.03. The van der Waals surface area contributed by atoms with E-state index in [0.29, 0.717) is 24.5 Å². The summed E-state index contributed by atoms with van der Waals surface area (Å²) in [5.74, 6) is -0.262. The lowest BCUT2D eigenvalue weighted by Crippen LogP contribution is -2.12. The minimum absolute atomic E-state index is 0.262. The van der Waals surface area contributed by atoms with Crippen LogP contribution in [0.4, 0.5) is 5.69 Å². The van der Waals surface area contributed by atoms with Crippen molar-refractivity contribution in [2.24, 2.45) is 0 Å². The Kier molecular flexibility index (Phi) is 5.44. The Hall–Kier alpha value is -3.89. The van der Waals surface area contributed by atoms with Gasteiger partial charge in [0.1, 0.15) is 17.0 Å². The molecule has 0 aliphatic rings. The van der Waals surface area contributed by atoms with Crippen molar-refractivity contribution < 1.29 is 9.53 Å². The first-order valence-electron chi connectivity index (χ1n) is 9.91. The van der Waals surface area contributed by atoms with Crippen molar-refractivity contribution in [3.8, 4) is 16.4 Å². The van der Waals surface area contributed by atoms with E-state index in [1.165, 1.54) is 17.7 Å². The van der Waals surface area contributed by atoms with Crippen LogP contribution in [-0.2, 0) is 11.3 Å². The molecule has 0 fully saturated rings. The van der Waals surface area contributed by atoms with Crippen LogP contribution in [0, 0.1) is 0 Å². The second-order valence-corrected chi connectivity index (χ2v) is 7.88. The third-order valence-corrected chi connectivity index (χ3v) is 5.89. The van der Waals surface area contributed by atoms with E-state index in [4.69, 9.17) is 4.74 Å². The van der Waals surface area contributed by atoms with Gasteiger partial charge in [-0.05, 0) is 46.8 Å². The number of carbonyl (C=O) groups is 1. The van der Waals surface area contributed by atoms with E-state index in [9.17, 15) is 4.79 Å². The minimum atomic E-state index is -0.262. The van der Waals surface area contributed by atoms with Crippen LogP contribution in [0.5, 0.6) is 0 Å². The number of rotatable bonds is 7. The van der Waals surface area contributed by atoms with Crippen LogP contribution in [0.25, 0.3) is 27.3 Å². The number of anilines is 1. The number of thiazole rings is 1. The summed E-state index contributed by atoms with van der Waals surface area (Å²) in [6.45, 7) is 1.29. The first-order valence-corrected chi connectivity index (χ1v) is 10.8. The molecule has 0 aliphatic heterocycles. The van der Waals surface area contributed by atoms with Gasteiger partial charge in [-0.15, -0.1) is 16.4 Å². The normalized spacial score (nSPS) is 11.2. The summed E-state index contributed by atoms with van der Waals surface area (Å²) in [4.78, 5) is 17.4. The first kappa shape index (κ1) is 20.0. The SMILES string of the molecule is COCCn1c(-c2nc(C(=O)Nc3ccc(-n4cnnn4)cc3)cs2)cc2ccccc21. The molecule has 32 heavy (non-hydrogen) atoms. The van der Waals surface area contributed by atoms with Gasteiger partial charge in [-0.3, -0.25) is 4.79 Å². The zero-order valence-corrected chi connectivity index (χ0v) is 18.0. The summed E-state index contributed by atoms with van der Waals surface area (Å²) in [5.41, 5.74) is 3.92. The number of benzene rings is 2. The van der Waals surface area contributed by atoms with Crippen LogP contribution in [0.15, 0.2) is 66.3 Å². The van der Waals surface area contributed by atoms with E-state index in [-0.39, 0.29) is 5.91 Å². The van der Waals surface area contributed by atoms with E-state index in [2.05, 4.69) is 48.6 Å². The highest BCUT2D eigenvalue weighted by atomic mass is 32.1. The summed E-state index contributed by atoms with van der Waals surface area (Å²) in [5, 5.41) is 17.7. The molecule has 0 bridgehead atoms. The molecule has 0 unspecified atom stereocenters. The van der Waals surface area contributed by atoms with Crippen LogP contribution in [0.3, 0.4) is 0 Å². The summed E-state index contributed by atoms with van der Waals surface area (Å²) >= 11 is 1.45. The number of hydrogen-bond donors (Lipinski definition) is 1. The van der Waals surface area contributed by atoms with Gasteiger partial charge >= 0.3 is 0 Å². The summed E-state index contributed by atoms with van der Waals surface area (Å²) in [6, 6.07) is 17.5. The molecule has 0 radical (unpaired) electrons. The van der Waals surface area contributed by atoms with Gasteiger partial charge in [-0.2, -0.15) is 0 Å². The molecule has 3 heterocycles. The maximum Gasteiger partial charge on any atom is 0.275 e. The van der Waals surface area contributed by atoms with Crippen LogP contribution in [0.2, 0.25) is 0 Å². The lowest BCUT2D eigenvalue weighted by atomic mass is 10.2. The summed E-state index contributed by atoms with van der Waals surface area (Å²) in [7, 11) is 1.69. The Labute approximate surface area is 187 Å². The number of carbonyl (C=O) groups excluding carboxylic acids is 1. The molecule has 1 N–H and O–H groups in total. The molecule has 0 spiro atoms. The monoisotopic (exact) mass is 445 g/mol. The number of aromatic nitrogens is 6. The van der Waals surface area contributed by atoms with Gasteiger partial charge in [0.2, 0.25) is 0 Å². The molecule has 5 aromatic rings. The zero-order chi connectivity index (χ0) is 21.9. The van der Waals surface area contributed by atoms with E-state index in [0.717, 1.165) is 27.3 Å². The fraction of sp³-hybridized carbons (Fsp3) is 0.136. The van der Waals surface area contributed by atoms with Crippen molar-refractivity contribution in [2.75, 3.05) is 19.0 Å². The molecule has 0 aliphatic carbocycles. The average molecular weight is 446 g/mol. The number of ether oxygens (including phenoxy) is 1. The number of methoxy groups -OCH3 is 1. The van der Waals surface area contributed by atoms with E-state index >= 15 is 0 Å². The molecule has 0 saturated carbocycles. The molecule has 0 atom stereocenters. The molecule has 160 valence electrons. The lowest BCUT2D eigenvalue weighted by molar-refractivity contribution is 0.102. The molecule has 3 aromatic heterocycles. The number of nitrogens with zero attached hydrogens (tertiary/aromatic N) is 6. The number of nitrogens with one attached hydrogen (secondary N) is 1. The molecule has 5 rings (SSSR count). The maximum absolute atomic E-state index is 12.8. The Morgan fingerprint density at radius 1 is 1.16 bits per heavy atom. The minimum Gasteiger partial charge on any atom is -0.383 e. The summed E-state index contributed by atoms with van der Waals surface area (Å²) < 4.78 is 9.00. The highest BCUT2D eigenvalue weighted by Crippen LogP contribution is 2.30. The van der Waals surface area contributed by atoms with Gasteiger partial charge in [0.15, 0.2) is 0 Å². The van der Waals surface area contributed by atoms with E-state index in [1.807, 2.05) is 24.3 Å². The molecule has 0 saturated heterocycles. The number of tetrazole rings is 1. The molecular weight excluding hydrogens is 426 g/mol. The van der Waals surface area contributed by atoms with E-state index in [1.54, 1.807) is 29.3 Å². The Balaban J connectivity index is 1.37. The van der Waals surface area contributed by atoms with Crippen molar-refractivity contribution in [1.29, 1.82) is 0 Å². The average Bonchev–Trinajstić information content (AvgIpc) is 3.58. The highest BCUT2D eigenvalue weighted by Gasteiger charge is 2.17. The zero-order valence-electron chi connectivity index (χ0n) is 17.2. The number of hydrogen-bond acceptors (Lipinski definition) is 7. The van der Waals surface area contributed by atoms with Gasteiger partial charge in [0.05, 0.1) is 18.0 Å². The van der Waals surface area contributed by atoms with Crippen molar-refractivity contribution in [3.05, 3.63) is 72.0 Å². The van der Waals surface area contributed by atoms with Gasteiger partial charge in [0.25, 0.3) is 5.91 Å². The van der Waals surface area contributed by atoms with Gasteiger partial charge in [-0.25, -0.2) is 9.67 Å². The smallest absolute Gasteiger partial charge is 0.275 e. The standard InChI is InChI=1S/C22H19N7O2S/c1-31-11-10-28-19-5-3-2-4-15(19)12-20(28)22-25-18(13-32-22)21(30)24-16-6-8-17(9-7-16)29-14-23-26-27-29/h2-9,12-14H,10-11H2,1H3,(H,24,30). The third kappa shape index (κ3) is 3.88. The second kappa shape index (κ2) is 8.69.